The van der Waals surface area contributed by atoms with E-state index in [0.29, 0.717) is 16.3 Å². The molecule has 0 spiro atoms. The van der Waals surface area contributed by atoms with Crippen molar-refractivity contribution in [3.8, 4) is 5.75 Å². The van der Waals surface area contributed by atoms with Gasteiger partial charge in [-0.25, -0.2) is 4.98 Å². The molecule has 0 aliphatic carbocycles. The maximum atomic E-state index is 5.62. The second-order valence-electron chi connectivity index (χ2n) is 4.09. The highest BCUT2D eigenvalue weighted by atomic mass is 32.1. The summed E-state index contributed by atoms with van der Waals surface area (Å²) in [6, 6.07) is 5.49. The van der Waals surface area contributed by atoms with Gasteiger partial charge >= 0.3 is 0 Å². The van der Waals surface area contributed by atoms with E-state index < -0.39 is 0 Å². The monoisotopic (exact) mass is 250 g/mol. The van der Waals surface area contributed by atoms with Crippen LogP contribution in [-0.2, 0) is 0 Å². The smallest absolute Gasteiger partial charge is 0.198 e. The molecule has 1 heterocycles. The minimum Gasteiger partial charge on any atom is -0.486 e. The van der Waals surface area contributed by atoms with Gasteiger partial charge in [-0.15, -0.1) is 0 Å². The van der Waals surface area contributed by atoms with Crippen LogP contribution in [0.4, 0.5) is 0 Å². The fraction of sp³-hybridized carbons (Fsp3) is 0.333. The third kappa shape index (κ3) is 2.74. The van der Waals surface area contributed by atoms with Crippen molar-refractivity contribution < 1.29 is 9.15 Å². The summed E-state index contributed by atoms with van der Waals surface area (Å²) in [4.78, 5) is 4.70. The Balaban J connectivity index is 2.27. The Morgan fingerprint density at radius 1 is 1.53 bits per heavy atom. The lowest BCUT2D eigenvalue weighted by molar-refractivity contribution is 0.377. The number of fused-ring (bicyclic) bond motifs is 1. The standard InChI is InChI=1S/C12H14N2O2S/c1-7(2)12-14-9-4-3-8(5-10(9)16-12)15-6-11(13)17/h3-5,7H,6H2,1-2H3,(H2,13,17). The molecule has 0 atom stereocenters. The maximum absolute atomic E-state index is 5.62. The normalized spacial score (nSPS) is 11.0. The van der Waals surface area contributed by atoms with Crippen molar-refractivity contribution >= 4 is 28.3 Å². The van der Waals surface area contributed by atoms with E-state index in [-0.39, 0.29) is 12.5 Å². The number of nitrogens with zero attached hydrogens (tertiary/aromatic N) is 1. The second kappa shape index (κ2) is 4.71. The molecule has 0 unspecified atom stereocenters. The summed E-state index contributed by atoms with van der Waals surface area (Å²) in [5.74, 6) is 1.67. The van der Waals surface area contributed by atoms with E-state index in [1.54, 1.807) is 6.07 Å². The summed E-state index contributed by atoms with van der Waals surface area (Å²) in [6.07, 6.45) is 0. The number of ether oxygens (including phenoxy) is 1. The average Bonchev–Trinajstić information content (AvgIpc) is 2.69. The summed E-state index contributed by atoms with van der Waals surface area (Å²) in [6.45, 7) is 4.30. The molecule has 2 N–H and O–H groups in total. The largest absolute Gasteiger partial charge is 0.486 e. The Morgan fingerprint density at radius 2 is 2.29 bits per heavy atom. The summed E-state index contributed by atoms with van der Waals surface area (Å²) in [5.41, 5.74) is 6.91. The van der Waals surface area contributed by atoms with E-state index in [2.05, 4.69) is 4.98 Å². The van der Waals surface area contributed by atoms with E-state index in [4.69, 9.17) is 27.1 Å². The summed E-state index contributed by atoms with van der Waals surface area (Å²) in [5, 5.41) is 0. The highest BCUT2D eigenvalue weighted by molar-refractivity contribution is 7.80. The SMILES string of the molecule is CC(C)c1nc2ccc(OCC(N)=S)cc2o1. The first-order valence-corrected chi connectivity index (χ1v) is 5.78. The van der Waals surface area contributed by atoms with Crippen LogP contribution in [-0.4, -0.2) is 16.6 Å². The third-order valence-corrected chi connectivity index (χ3v) is 2.37. The quantitative estimate of drug-likeness (QED) is 0.845. The van der Waals surface area contributed by atoms with Gasteiger partial charge in [-0.2, -0.15) is 0 Å². The molecule has 17 heavy (non-hydrogen) atoms. The van der Waals surface area contributed by atoms with Crippen molar-refractivity contribution in [2.24, 2.45) is 5.73 Å². The lowest BCUT2D eigenvalue weighted by Gasteiger charge is -2.03. The average molecular weight is 250 g/mol. The molecule has 0 radical (unpaired) electrons. The molecule has 90 valence electrons. The Morgan fingerprint density at radius 3 is 2.94 bits per heavy atom. The number of hydrogen-bond acceptors (Lipinski definition) is 4. The van der Waals surface area contributed by atoms with Crippen molar-refractivity contribution in [2.45, 2.75) is 19.8 Å². The van der Waals surface area contributed by atoms with Crippen molar-refractivity contribution in [1.82, 2.24) is 4.98 Å². The van der Waals surface area contributed by atoms with E-state index in [9.17, 15) is 0 Å². The van der Waals surface area contributed by atoms with Gasteiger partial charge in [0.1, 0.15) is 22.9 Å². The molecule has 0 amide bonds. The van der Waals surface area contributed by atoms with Crippen molar-refractivity contribution in [2.75, 3.05) is 6.61 Å². The zero-order chi connectivity index (χ0) is 12.4. The molecule has 0 bridgehead atoms. The fourth-order valence-electron chi connectivity index (χ4n) is 1.41. The van der Waals surface area contributed by atoms with Gasteiger partial charge in [0.2, 0.25) is 0 Å². The molecule has 0 aliphatic rings. The molecule has 5 heteroatoms. The lowest BCUT2D eigenvalue weighted by atomic mass is 10.2. The number of nitrogens with two attached hydrogens (primary N) is 1. The highest BCUT2D eigenvalue weighted by Crippen LogP contribution is 2.24. The topological polar surface area (TPSA) is 61.3 Å². The number of hydrogen-bond donors (Lipinski definition) is 1. The Bertz CT molecular complexity index is 548. The molecule has 4 nitrogen and oxygen atoms in total. The lowest BCUT2D eigenvalue weighted by Crippen LogP contribution is -2.17. The van der Waals surface area contributed by atoms with Gasteiger partial charge in [-0.3, -0.25) is 0 Å². The van der Waals surface area contributed by atoms with Crippen LogP contribution in [0.25, 0.3) is 11.1 Å². The van der Waals surface area contributed by atoms with Gasteiger partial charge in [0.05, 0.1) is 0 Å². The van der Waals surface area contributed by atoms with E-state index >= 15 is 0 Å². The van der Waals surface area contributed by atoms with Crippen LogP contribution in [0.15, 0.2) is 22.6 Å². The zero-order valence-electron chi connectivity index (χ0n) is 9.77. The first-order chi connectivity index (χ1) is 8.06. The molecule has 0 aliphatic heterocycles. The van der Waals surface area contributed by atoms with Crippen LogP contribution in [0.1, 0.15) is 25.7 Å². The number of benzene rings is 1. The molecule has 2 aromatic rings. The van der Waals surface area contributed by atoms with Gasteiger partial charge in [0.15, 0.2) is 11.5 Å². The van der Waals surface area contributed by atoms with Gasteiger partial charge < -0.3 is 14.9 Å². The van der Waals surface area contributed by atoms with E-state index in [1.807, 2.05) is 26.0 Å². The van der Waals surface area contributed by atoms with Gasteiger partial charge in [-0.1, -0.05) is 26.1 Å². The van der Waals surface area contributed by atoms with E-state index in [0.717, 1.165) is 11.4 Å². The Labute approximate surface area is 105 Å². The summed E-state index contributed by atoms with van der Waals surface area (Å²) in [7, 11) is 0. The number of thiocarbonyl (C=S) groups is 1. The maximum Gasteiger partial charge on any atom is 0.198 e. The van der Waals surface area contributed by atoms with Crippen molar-refractivity contribution in [3.63, 3.8) is 0 Å². The fourth-order valence-corrected chi connectivity index (χ4v) is 1.47. The first-order valence-electron chi connectivity index (χ1n) is 5.38. The highest BCUT2D eigenvalue weighted by Gasteiger charge is 2.09. The minimum absolute atomic E-state index is 0.228. The molecule has 0 saturated heterocycles. The second-order valence-corrected chi connectivity index (χ2v) is 4.62. The molecule has 0 saturated carbocycles. The van der Waals surface area contributed by atoms with Crippen LogP contribution in [0.5, 0.6) is 5.75 Å². The number of rotatable bonds is 4. The number of oxazole rings is 1. The van der Waals surface area contributed by atoms with Crippen molar-refractivity contribution in [3.05, 3.63) is 24.1 Å². The molecule has 1 aromatic heterocycles. The van der Waals surface area contributed by atoms with Crippen LogP contribution < -0.4 is 10.5 Å². The number of aromatic nitrogens is 1. The van der Waals surface area contributed by atoms with E-state index in [1.165, 1.54) is 0 Å². The molecule has 0 fully saturated rings. The molecule has 2 rings (SSSR count). The molecular weight excluding hydrogens is 236 g/mol. The predicted octanol–water partition coefficient (Wildman–Crippen LogP) is 2.62. The zero-order valence-corrected chi connectivity index (χ0v) is 10.6. The third-order valence-electron chi connectivity index (χ3n) is 2.25. The van der Waals surface area contributed by atoms with Gasteiger partial charge in [-0.05, 0) is 12.1 Å². The summed E-state index contributed by atoms with van der Waals surface area (Å²) < 4.78 is 11.0. The molecular formula is C12H14N2O2S. The summed E-state index contributed by atoms with van der Waals surface area (Å²) >= 11 is 4.75. The van der Waals surface area contributed by atoms with Crippen LogP contribution in [0.3, 0.4) is 0 Å². The molecule has 1 aromatic carbocycles. The predicted molar refractivity (Wildman–Crippen MR) is 70.4 cm³/mol. The van der Waals surface area contributed by atoms with Crippen LogP contribution in [0.2, 0.25) is 0 Å². The van der Waals surface area contributed by atoms with Crippen LogP contribution >= 0.6 is 12.2 Å². The van der Waals surface area contributed by atoms with Gasteiger partial charge in [0.25, 0.3) is 0 Å². The Kier molecular flexibility index (Phi) is 3.28. The van der Waals surface area contributed by atoms with Gasteiger partial charge in [0, 0.05) is 12.0 Å². The minimum atomic E-state index is 0.228. The Hall–Kier alpha value is -1.62. The van der Waals surface area contributed by atoms with Crippen molar-refractivity contribution in [1.29, 1.82) is 0 Å². The van der Waals surface area contributed by atoms with Crippen LogP contribution in [0, 0.1) is 0 Å². The first kappa shape index (κ1) is 11.9.